The Morgan fingerprint density at radius 2 is 2.14 bits per heavy atom. The molecule has 1 aliphatic rings. The van der Waals surface area contributed by atoms with E-state index in [1.807, 2.05) is 30.0 Å². The van der Waals surface area contributed by atoms with Gasteiger partial charge >= 0.3 is 0 Å². The van der Waals surface area contributed by atoms with E-state index < -0.39 is 0 Å². The van der Waals surface area contributed by atoms with E-state index in [0.717, 1.165) is 36.1 Å². The topological polar surface area (TPSA) is 48.0 Å². The van der Waals surface area contributed by atoms with Crippen LogP contribution in [0.4, 0.5) is 0 Å². The number of benzene rings is 1. The monoisotopic (exact) mass is 307 g/mol. The summed E-state index contributed by atoms with van der Waals surface area (Å²) in [5.41, 5.74) is 2.72. The van der Waals surface area contributed by atoms with Crippen molar-refractivity contribution in [2.24, 2.45) is 0 Å². The number of ether oxygens (including phenoxy) is 3. The zero-order chi connectivity index (χ0) is 15.9. The largest absolute Gasteiger partial charge is 0.383 e. The molecule has 1 aromatic rings. The molecule has 0 spiro atoms. The van der Waals surface area contributed by atoms with Crippen molar-refractivity contribution in [1.29, 1.82) is 0 Å². The number of rotatable bonds is 7. The highest BCUT2D eigenvalue weighted by molar-refractivity contribution is 5.96. The van der Waals surface area contributed by atoms with Crippen LogP contribution in [0.25, 0.3) is 0 Å². The summed E-state index contributed by atoms with van der Waals surface area (Å²) in [5.74, 6) is 0.0688. The highest BCUT2D eigenvalue weighted by atomic mass is 16.7. The zero-order valence-corrected chi connectivity index (χ0v) is 13.6. The Labute approximate surface area is 132 Å². The summed E-state index contributed by atoms with van der Waals surface area (Å²) in [6.45, 7) is 3.98. The lowest BCUT2D eigenvalue weighted by molar-refractivity contribution is -0.0394. The molecule has 1 heterocycles. The predicted molar refractivity (Wildman–Crippen MR) is 83.8 cm³/mol. The van der Waals surface area contributed by atoms with E-state index in [1.165, 1.54) is 0 Å². The normalized spacial score (nSPS) is 18.0. The number of likely N-dealkylation sites (tertiary alicyclic amines) is 1. The van der Waals surface area contributed by atoms with E-state index in [2.05, 4.69) is 0 Å². The fraction of sp³-hybridized carbons (Fsp3) is 0.588. The lowest BCUT2D eigenvalue weighted by atomic mass is 10.0. The summed E-state index contributed by atoms with van der Waals surface area (Å²) in [6.07, 6.45) is 2.03. The number of amides is 1. The van der Waals surface area contributed by atoms with Crippen molar-refractivity contribution in [3.8, 4) is 0 Å². The van der Waals surface area contributed by atoms with Gasteiger partial charge in [0.25, 0.3) is 5.91 Å². The standard InChI is InChI=1S/C17H25NO4/c1-13-6-4-8-15(16(13)11-22-12-21-3)17(19)18-9-5-7-14(18)10-20-2/h4,6,8,14H,5,7,9-12H2,1-3H3/t14-/m1/s1. The molecule has 1 saturated heterocycles. The van der Waals surface area contributed by atoms with Gasteiger partial charge in [-0.2, -0.15) is 0 Å². The Morgan fingerprint density at radius 1 is 1.32 bits per heavy atom. The first-order valence-electron chi connectivity index (χ1n) is 7.64. The van der Waals surface area contributed by atoms with Gasteiger partial charge < -0.3 is 19.1 Å². The van der Waals surface area contributed by atoms with Crippen molar-refractivity contribution in [1.82, 2.24) is 4.90 Å². The van der Waals surface area contributed by atoms with Gasteiger partial charge in [-0.05, 0) is 37.0 Å². The van der Waals surface area contributed by atoms with Crippen molar-refractivity contribution < 1.29 is 19.0 Å². The molecule has 0 N–H and O–H groups in total. The van der Waals surface area contributed by atoms with Crippen LogP contribution in [-0.2, 0) is 20.8 Å². The highest BCUT2D eigenvalue weighted by Gasteiger charge is 2.30. The van der Waals surface area contributed by atoms with Crippen LogP contribution in [0.2, 0.25) is 0 Å². The smallest absolute Gasteiger partial charge is 0.254 e. The molecule has 1 atom stereocenters. The molecule has 1 fully saturated rings. The lowest BCUT2D eigenvalue weighted by Gasteiger charge is -2.25. The van der Waals surface area contributed by atoms with Gasteiger partial charge in [-0.1, -0.05) is 12.1 Å². The highest BCUT2D eigenvalue weighted by Crippen LogP contribution is 2.23. The van der Waals surface area contributed by atoms with E-state index in [0.29, 0.717) is 13.2 Å². The number of carbonyl (C=O) groups excluding carboxylic acids is 1. The zero-order valence-electron chi connectivity index (χ0n) is 13.6. The number of methoxy groups -OCH3 is 2. The second-order valence-electron chi connectivity index (χ2n) is 5.61. The summed E-state index contributed by atoms with van der Waals surface area (Å²) in [5, 5.41) is 0. The fourth-order valence-corrected chi connectivity index (χ4v) is 2.94. The first-order chi connectivity index (χ1) is 10.7. The predicted octanol–water partition coefficient (Wildman–Crippen LogP) is 2.37. The first kappa shape index (κ1) is 16.9. The summed E-state index contributed by atoms with van der Waals surface area (Å²) >= 11 is 0. The summed E-state index contributed by atoms with van der Waals surface area (Å²) in [4.78, 5) is 14.9. The molecule has 0 aliphatic carbocycles. The van der Waals surface area contributed by atoms with Crippen molar-refractivity contribution >= 4 is 5.91 Å². The Bertz CT molecular complexity index is 503. The molecular formula is C17H25NO4. The quantitative estimate of drug-likeness (QED) is 0.573. The van der Waals surface area contributed by atoms with E-state index in [1.54, 1.807) is 14.2 Å². The molecule has 0 radical (unpaired) electrons. The van der Waals surface area contributed by atoms with Gasteiger partial charge in [0.2, 0.25) is 0 Å². The third kappa shape index (κ3) is 3.85. The minimum absolute atomic E-state index is 0.0688. The second kappa shape index (κ2) is 8.27. The van der Waals surface area contributed by atoms with Crippen LogP contribution in [0.15, 0.2) is 18.2 Å². The van der Waals surface area contributed by atoms with E-state index in [9.17, 15) is 4.79 Å². The third-order valence-corrected chi connectivity index (χ3v) is 4.09. The van der Waals surface area contributed by atoms with Gasteiger partial charge in [0.1, 0.15) is 6.79 Å². The number of nitrogens with zero attached hydrogens (tertiary/aromatic N) is 1. The second-order valence-corrected chi connectivity index (χ2v) is 5.61. The minimum Gasteiger partial charge on any atom is -0.383 e. The Kier molecular flexibility index (Phi) is 6.36. The molecule has 5 nitrogen and oxygen atoms in total. The van der Waals surface area contributed by atoms with Gasteiger partial charge in [-0.15, -0.1) is 0 Å². The van der Waals surface area contributed by atoms with Gasteiger partial charge in [0.05, 0.1) is 19.3 Å². The van der Waals surface area contributed by atoms with E-state index >= 15 is 0 Å². The molecule has 1 aliphatic heterocycles. The Balaban J connectivity index is 2.19. The van der Waals surface area contributed by atoms with Gasteiger partial charge in [-0.3, -0.25) is 4.79 Å². The molecular weight excluding hydrogens is 282 g/mol. The van der Waals surface area contributed by atoms with Gasteiger partial charge in [0.15, 0.2) is 0 Å². The first-order valence-corrected chi connectivity index (χ1v) is 7.64. The van der Waals surface area contributed by atoms with Crippen LogP contribution in [0.1, 0.15) is 34.3 Å². The number of carbonyl (C=O) groups is 1. The molecule has 1 amide bonds. The molecule has 0 unspecified atom stereocenters. The molecule has 22 heavy (non-hydrogen) atoms. The molecule has 2 rings (SSSR count). The van der Waals surface area contributed by atoms with Crippen molar-refractivity contribution in [3.05, 3.63) is 34.9 Å². The van der Waals surface area contributed by atoms with E-state index in [4.69, 9.17) is 14.2 Å². The molecule has 0 aromatic heterocycles. The fourth-order valence-electron chi connectivity index (χ4n) is 2.94. The SMILES string of the molecule is COCOCc1c(C)cccc1C(=O)N1CCC[C@@H]1COC. The van der Waals surface area contributed by atoms with Crippen LogP contribution in [0.3, 0.4) is 0 Å². The molecule has 0 bridgehead atoms. The molecule has 1 aromatic carbocycles. The average molecular weight is 307 g/mol. The maximum atomic E-state index is 12.9. The van der Waals surface area contributed by atoms with Crippen LogP contribution in [-0.4, -0.2) is 51.0 Å². The number of hydrogen-bond acceptors (Lipinski definition) is 4. The Hall–Kier alpha value is -1.43. The van der Waals surface area contributed by atoms with Crippen LogP contribution in [0.5, 0.6) is 0 Å². The Morgan fingerprint density at radius 3 is 2.86 bits per heavy atom. The maximum Gasteiger partial charge on any atom is 0.254 e. The average Bonchev–Trinajstić information content (AvgIpc) is 2.97. The number of aryl methyl sites for hydroxylation is 1. The summed E-state index contributed by atoms with van der Waals surface area (Å²) in [7, 11) is 3.27. The van der Waals surface area contributed by atoms with Crippen molar-refractivity contribution in [2.75, 3.05) is 34.2 Å². The molecule has 5 heteroatoms. The molecule has 0 saturated carbocycles. The summed E-state index contributed by atoms with van der Waals surface area (Å²) < 4.78 is 15.6. The van der Waals surface area contributed by atoms with Crippen molar-refractivity contribution in [2.45, 2.75) is 32.4 Å². The number of hydrogen-bond donors (Lipinski definition) is 0. The van der Waals surface area contributed by atoms with Gasteiger partial charge in [-0.25, -0.2) is 0 Å². The van der Waals surface area contributed by atoms with Crippen LogP contribution < -0.4 is 0 Å². The lowest BCUT2D eigenvalue weighted by Crippen LogP contribution is -2.38. The molecule has 122 valence electrons. The van der Waals surface area contributed by atoms with Crippen LogP contribution >= 0.6 is 0 Å². The third-order valence-electron chi connectivity index (χ3n) is 4.09. The minimum atomic E-state index is 0.0688. The summed E-state index contributed by atoms with van der Waals surface area (Å²) in [6, 6.07) is 5.97. The van der Waals surface area contributed by atoms with Crippen molar-refractivity contribution in [3.63, 3.8) is 0 Å². The van der Waals surface area contributed by atoms with Crippen LogP contribution in [0, 0.1) is 6.92 Å². The maximum absolute atomic E-state index is 12.9. The van der Waals surface area contributed by atoms with E-state index in [-0.39, 0.29) is 18.7 Å². The van der Waals surface area contributed by atoms with Gasteiger partial charge in [0, 0.05) is 26.3 Å².